The van der Waals surface area contributed by atoms with Gasteiger partial charge in [-0.1, -0.05) is 36.4 Å². The van der Waals surface area contributed by atoms with Crippen LogP contribution in [0, 0.1) is 5.82 Å². The number of hydrogen-bond donors (Lipinski definition) is 2. The summed E-state index contributed by atoms with van der Waals surface area (Å²) in [7, 11) is 2.08. The summed E-state index contributed by atoms with van der Waals surface area (Å²) in [5, 5.41) is 9.98. The molecule has 3 heterocycles. The second-order valence-electron chi connectivity index (χ2n) is 8.71. The predicted molar refractivity (Wildman–Crippen MR) is 128 cm³/mol. The predicted octanol–water partition coefficient (Wildman–Crippen LogP) is 4.27. The van der Waals surface area contributed by atoms with Crippen LogP contribution in [0.15, 0.2) is 73.3 Å². The van der Waals surface area contributed by atoms with Crippen molar-refractivity contribution in [3.63, 3.8) is 0 Å². The Labute approximate surface area is 197 Å². The molecule has 1 fully saturated rings. The van der Waals surface area contributed by atoms with Crippen LogP contribution >= 0.6 is 0 Å². The van der Waals surface area contributed by atoms with Crippen LogP contribution in [0.2, 0.25) is 0 Å². The van der Waals surface area contributed by atoms with Crippen molar-refractivity contribution in [1.82, 2.24) is 25.1 Å². The number of H-pyrrole nitrogens is 1. The van der Waals surface area contributed by atoms with Crippen molar-refractivity contribution in [2.75, 3.05) is 25.5 Å². The minimum absolute atomic E-state index is 0.0335. The Kier molecular flexibility index (Phi) is 5.90. The summed E-state index contributed by atoms with van der Waals surface area (Å²) in [4.78, 5) is 24.1. The highest BCUT2D eigenvalue weighted by molar-refractivity contribution is 5.99. The second kappa shape index (κ2) is 9.15. The quantitative estimate of drug-likeness (QED) is 0.468. The Morgan fingerprint density at radius 3 is 2.41 bits per heavy atom. The normalized spacial score (nSPS) is 15.7. The number of hydrogen-bond acceptors (Lipinski definition) is 5. The number of piperidine rings is 1. The molecule has 1 saturated heterocycles. The molecule has 8 heteroatoms. The van der Waals surface area contributed by atoms with Crippen molar-refractivity contribution >= 4 is 11.6 Å². The summed E-state index contributed by atoms with van der Waals surface area (Å²) in [6, 6.07) is 15.5. The first kappa shape index (κ1) is 21.9. The zero-order valence-corrected chi connectivity index (χ0v) is 18.8. The van der Waals surface area contributed by atoms with E-state index in [2.05, 4.69) is 49.6 Å². The summed E-state index contributed by atoms with van der Waals surface area (Å²) in [5.41, 5.74) is 3.79. The highest BCUT2D eigenvalue weighted by Gasteiger charge is 2.42. The Balaban J connectivity index is 1.43. The van der Waals surface area contributed by atoms with Crippen LogP contribution in [-0.4, -0.2) is 51.1 Å². The lowest BCUT2D eigenvalue weighted by molar-refractivity contribution is -0.123. The first-order valence-corrected chi connectivity index (χ1v) is 11.2. The Morgan fingerprint density at radius 2 is 1.74 bits per heavy atom. The molecule has 2 N–H and O–H groups in total. The monoisotopic (exact) mass is 456 g/mol. The fourth-order valence-electron chi connectivity index (χ4n) is 4.49. The van der Waals surface area contributed by atoms with Crippen LogP contribution in [0.25, 0.3) is 22.5 Å². The Morgan fingerprint density at radius 1 is 1.00 bits per heavy atom. The second-order valence-corrected chi connectivity index (χ2v) is 8.71. The minimum atomic E-state index is -0.635. The van der Waals surface area contributed by atoms with E-state index in [1.54, 1.807) is 6.20 Å². The molecule has 1 aliphatic rings. The number of nitrogens with one attached hydrogen (secondary N) is 2. The lowest BCUT2D eigenvalue weighted by atomic mass is 9.71. The van der Waals surface area contributed by atoms with Gasteiger partial charge in [0.05, 0.1) is 24.0 Å². The molecule has 4 aromatic rings. The summed E-state index contributed by atoms with van der Waals surface area (Å²) in [6.07, 6.45) is 7.35. The van der Waals surface area contributed by atoms with Gasteiger partial charge in [0.1, 0.15) is 0 Å². The standard InChI is InChI=1S/C26H25FN6O/c1-33-11-9-26(10-12-33,21-7-5-18(6-8-21)20-14-30-31-15-20)25(34)32-23-4-2-3-19(13-23)24-28-16-22(27)17-29-24/h2-8,13-17H,9-12H2,1H3,(H,30,31)(H,32,34). The molecule has 0 atom stereocenters. The number of nitrogens with zero attached hydrogens (tertiary/aromatic N) is 4. The highest BCUT2D eigenvalue weighted by Crippen LogP contribution is 2.37. The molecule has 0 spiro atoms. The number of carbonyl (C=O) groups excluding carboxylic acids is 1. The van der Waals surface area contributed by atoms with E-state index in [-0.39, 0.29) is 5.91 Å². The van der Waals surface area contributed by atoms with Crippen LogP contribution in [-0.2, 0) is 10.2 Å². The van der Waals surface area contributed by atoms with E-state index >= 15 is 0 Å². The topological polar surface area (TPSA) is 86.8 Å². The third-order valence-electron chi connectivity index (χ3n) is 6.54. The van der Waals surface area contributed by atoms with E-state index in [1.807, 2.05) is 42.6 Å². The van der Waals surface area contributed by atoms with Gasteiger partial charge in [-0.3, -0.25) is 9.89 Å². The average molecular weight is 457 g/mol. The SMILES string of the molecule is CN1CCC(C(=O)Nc2cccc(-c3ncc(F)cn3)c2)(c2ccc(-c3cn[nH]c3)cc2)CC1. The van der Waals surface area contributed by atoms with Crippen LogP contribution in [0.4, 0.5) is 10.1 Å². The molecule has 0 bridgehead atoms. The van der Waals surface area contributed by atoms with Gasteiger partial charge in [0.25, 0.3) is 0 Å². The van der Waals surface area contributed by atoms with Crippen molar-refractivity contribution in [3.8, 4) is 22.5 Å². The first-order valence-electron chi connectivity index (χ1n) is 11.2. The molecule has 2 aromatic heterocycles. The fourth-order valence-corrected chi connectivity index (χ4v) is 4.49. The van der Waals surface area contributed by atoms with Gasteiger partial charge in [-0.2, -0.15) is 5.10 Å². The van der Waals surface area contributed by atoms with Gasteiger partial charge in [-0.25, -0.2) is 14.4 Å². The molecular formula is C26H25FN6O. The highest BCUT2D eigenvalue weighted by atomic mass is 19.1. The smallest absolute Gasteiger partial charge is 0.235 e. The van der Waals surface area contributed by atoms with Gasteiger partial charge in [0.2, 0.25) is 5.91 Å². The number of amides is 1. The van der Waals surface area contributed by atoms with Crippen molar-refractivity contribution in [2.45, 2.75) is 18.3 Å². The zero-order chi connectivity index (χ0) is 23.5. The minimum Gasteiger partial charge on any atom is -0.325 e. The summed E-state index contributed by atoms with van der Waals surface area (Å²) in [6.45, 7) is 1.67. The molecule has 7 nitrogen and oxygen atoms in total. The molecule has 1 amide bonds. The van der Waals surface area contributed by atoms with Crippen molar-refractivity contribution in [1.29, 1.82) is 0 Å². The maximum Gasteiger partial charge on any atom is 0.235 e. The van der Waals surface area contributed by atoms with Crippen LogP contribution in [0.3, 0.4) is 0 Å². The third-order valence-corrected chi connectivity index (χ3v) is 6.54. The maximum atomic E-state index is 13.8. The van der Waals surface area contributed by atoms with Crippen LogP contribution in [0.5, 0.6) is 0 Å². The zero-order valence-electron chi connectivity index (χ0n) is 18.8. The lowest BCUT2D eigenvalue weighted by Crippen LogP contribution is -2.48. The van der Waals surface area contributed by atoms with E-state index in [0.29, 0.717) is 17.1 Å². The number of anilines is 1. The Bertz CT molecular complexity index is 1260. The molecule has 34 heavy (non-hydrogen) atoms. The fraction of sp³-hybridized carbons (Fsp3) is 0.231. The van der Waals surface area contributed by atoms with Gasteiger partial charge >= 0.3 is 0 Å². The number of benzene rings is 2. The molecular weight excluding hydrogens is 431 g/mol. The number of rotatable bonds is 5. The molecule has 0 unspecified atom stereocenters. The molecule has 172 valence electrons. The summed E-state index contributed by atoms with van der Waals surface area (Å²) in [5.74, 6) is -0.119. The van der Waals surface area contributed by atoms with Crippen molar-refractivity contribution in [2.24, 2.45) is 0 Å². The number of aromatic nitrogens is 4. The molecule has 0 aliphatic carbocycles. The number of halogens is 1. The molecule has 0 radical (unpaired) electrons. The van der Waals surface area contributed by atoms with Crippen LogP contribution < -0.4 is 5.32 Å². The Hall–Kier alpha value is -3.91. The van der Waals surface area contributed by atoms with E-state index in [9.17, 15) is 9.18 Å². The van der Waals surface area contributed by atoms with Gasteiger partial charge in [0, 0.05) is 23.0 Å². The van der Waals surface area contributed by atoms with Crippen LogP contribution in [0.1, 0.15) is 18.4 Å². The summed E-state index contributed by atoms with van der Waals surface area (Å²) >= 11 is 0. The third kappa shape index (κ3) is 4.32. The van der Waals surface area contributed by atoms with Gasteiger partial charge in [0.15, 0.2) is 11.6 Å². The first-order chi connectivity index (χ1) is 16.5. The molecule has 1 aliphatic heterocycles. The van der Waals surface area contributed by atoms with Gasteiger partial charge in [-0.15, -0.1) is 0 Å². The van der Waals surface area contributed by atoms with Gasteiger partial charge < -0.3 is 10.2 Å². The van der Waals surface area contributed by atoms with Crippen molar-refractivity contribution in [3.05, 3.63) is 84.7 Å². The number of carbonyl (C=O) groups is 1. The van der Waals surface area contributed by atoms with Gasteiger partial charge in [-0.05, 0) is 56.2 Å². The molecule has 2 aromatic carbocycles. The number of aromatic amines is 1. The molecule has 5 rings (SSSR count). The van der Waals surface area contributed by atoms with E-state index in [1.165, 1.54) is 0 Å². The largest absolute Gasteiger partial charge is 0.325 e. The average Bonchev–Trinajstić information content (AvgIpc) is 3.41. The van der Waals surface area contributed by atoms with E-state index < -0.39 is 11.2 Å². The van der Waals surface area contributed by atoms with E-state index in [0.717, 1.165) is 55.0 Å². The van der Waals surface area contributed by atoms with Crippen molar-refractivity contribution < 1.29 is 9.18 Å². The molecule has 0 saturated carbocycles. The summed E-state index contributed by atoms with van der Waals surface area (Å²) < 4.78 is 13.2. The maximum absolute atomic E-state index is 13.8. The lowest BCUT2D eigenvalue weighted by Gasteiger charge is -2.40. The van der Waals surface area contributed by atoms with E-state index in [4.69, 9.17) is 0 Å². The number of likely N-dealkylation sites (tertiary alicyclic amines) is 1.